The van der Waals surface area contributed by atoms with E-state index in [0.29, 0.717) is 13.2 Å². The van der Waals surface area contributed by atoms with E-state index in [-0.39, 0.29) is 18.8 Å². The SMILES string of the molecule is CC1COC(CO)CN1c1ccc(N)c2cccnc12. The molecule has 5 heteroatoms. The molecule has 1 aliphatic rings. The number of aromatic nitrogens is 1. The largest absolute Gasteiger partial charge is 0.398 e. The predicted molar refractivity (Wildman–Crippen MR) is 79.8 cm³/mol. The number of ether oxygens (including phenoxy) is 1. The van der Waals surface area contributed by atoms with E-state index in [0.717, 1.165) is 22.3 Å². The fraction of sp³-hybridized carbons (Fsp3) is 0.400. The highest BCUT2D eigenvalue weighted by molar-refractivity contribution is 5.98. The predicted octanol–water partition coefficient (Wildman–Crippen LogP) is 1.40. The summed E-state index contributed by atoms with van der Waals surface area (Å²) >= 11 is 0. The van der Waals surface area contributed by atoms with Crippen molar-refractivity contribution in [3.8, 4) is 0 Å². The Morgan fingerprint density at radius 2 is 2.30 bits per heavy atom. The van der Waals surface area contributed by atoms with Gasteiger partial charge in [-0.25, -0.2) is 0 Å². The molecule has 3 N–H and O–H groups in total. The highest BCUT2D eigenvalue weighted by atomic mass is 16.5. The second kappa shape index (κ2) is 5.26. The van der Waals surface area contributed by atoms with Crippen molar-refractivity contribution in [2.45, 2.75) is 19.1 Å². The number of hydrogen-bond acceptors (Lipinski definition) is 5. The maximum atomic E-state index is 9.31. The monoisotopic (exact) mass is 273 g/mol. The first-order chi connectivity index (χ1) is 9.70. The number of aliphatic hydroxyl groups excluding tert-OH is 1. The van der Waals surface area contributed by atoms with Crippen molar-refractivity contribution in [1.29, 1.82) is 0 Å². The summed E-state index contributed by atoms with van der Waals surface area (Å²) in [6.07, 6.45) is 1.63. The van der Waals surface area contributed by atoms with Crippen LogP contribution in [0.2, 0.25) is 0 Å². The Morgan fingerprint density at radius 1 is 1.45 bits per heavy atom. The van der Waals surface area contributed by atoms with Crippen LogP contribution >= 0.6 is 0 Å². The van der Waals surface area contributed by atoms with Gasteiger partial charge in [-0.15, -0.1) is 0 Å². The third kappa shape index (κ3) is 2.19. The van der Waals surface area contributed by atoms with Gasteiger partial charge in [0.1, 0.15) is 0 Å². The average Bonchev–Trinajstić information content (AvgIpc) is 2.49. The summed E-state index contributed by atoms with van der Waals surface area (Å²) in [5.74, 6) is 0. The van der Waals surface area contributed by atoms with Gasteiger partial charge in [-0.05, 0) is 31.2 Å². The molecule has 2 heterocycles. The van der Waals surface area contributed by atoms with Crippen LogP contribution in [-0.4, -0.2) is 42.0 Å². The van der Waals surface area contributed by atoms with Gasteiger partial charge in [-0.1, -0.05) is 0 Å². The Hall–Kier alpha value is -1.85. The molecule has 0 spiro atoms. The van der Waals surface area contributed by atoms with E-state index in [1.165, 1.54) is 0 Å². The minimum absolute atomic E-state index is 0.0313. The minimum atomic E-state index is -0.150. The van der Waals surface area contributed by atoms with E-state index >= 15 is 0 Å². The summed E-state index contributed by atoms with van der Waals surface area (Å²) in [7, 11) is 0. The van der Waals surface area contributed by atoms with Gasteiger partial charge >= 0.3 is 0 Å². The van der Waals surface area contributed by atoms with Crippen LogP contribution in [0.15, 0.2) is 30.5 Å². The molecule has 5 nitrogen and oxygen atoms in total. The summed E-state index contributed by atoms with van der Waals surface area (Å²) in [5, 5.41) is 10.3. The number of fused-ring (bicyclic) bond motifs is 1. The summed E-state index contributed by atoms with van der Waals surface area (Å²) in [6.45, 7) is 3.40. The molecule has 0 radical (unpaired) electrons. The third-order valence-corrected chi connectivity index (χ3v) is 3.80. The van der Waals surface area contributed by atoms with E-state index in [1.54, 1.807) is 6.20 Å². The van der Waals surface area contributed by atoms with Crippen molar-refractivity contribution >= 4 is 22.3 Å². The number of nitrogens with zero attached hydrogens (tertiary/aromatic N) is 2. The number of nitrogen functional groups attached to an aromatic ring is 1. The second-order valence-corrected chi connectivity index (χ2v) is 5.21. The van der Waals surface area contributed by atoms with Crippen LogP contribution in [0.25, 0.3) is 10.9 Å². The molecule has 1 aromatic carbocycles. The van der Waals surface area contributed by atoms with Gasteiger partial charge in [-0.2, -0.15) is 0 Å². The first-order valence-corrected chi connectivity index (χ1v) is 6.83. The minimum Gasteiger partial charge on any atom is -0.398 e. The molecule has 1 aromatic heterocycles. The lowest BCUT2D eigenvalue weighted by molar-refractivity contribution is -0.0102. The Bertz CT molecular complexity index is 617. The Labute approximate surface area is 118 Å². The smallest absolute Gasteiger partial charge is 0.0981 e. The number of rotatable bonds is 2. The molecule has 2 aromatic rings. The van der Waals surface area contributed by atoms with Crippen LogP contribution < -0.4 is 10.6 Å². The van der Waals surface area contributed by atoms with Gasteiger partial charge in [0, 0.05) is 29.9 Å². The van der Waals surface area contributed by atoms with E-state index in [4.69, 9.17) is 10.5 Å². The lowest BCUT2D eigenvalue weighted by Crippen LogP contribution is -2.49. The molecule has 0 aliphatic carbocycles. The van der Waals surface area contributed by atoms with E-state index < -0.39 is 0 Å². The normalized spacial score (nSPS) is 23.2. The zero-order valence-corrected chi connectivity index (χ0v) is 11.5. The number of hydrogen-bond donors (Lipinski definition) is 2. The Morgan fingerprint density at radius 3 is 3.10 bits per heavy atom. The molecule has 1 aliphatic heterocycles. The first-order valence-electron chi connectivity index (χ1n) is 6.83. The van der Waals surface area contributed by atoms with Crippen LogP contribution in [0, 0.1) is 0 Å². The van der Waals surface area contributed by atoms with Crippen LogP contribution in [0.3, 0.4) is 0 Å². The van der Waals surface area contributed by atoms with Crippen LogP contribution in [-0.2, 0) is 4.74 Å². The van der Waals surface area contributed by atoms with Crippen molar-refractivity contribution in [3.05, 3.63) is 30.5 Å². The number of morpholine rings is 1. The van der Waals surface area contributed by atoms with Crippen molar-refractivity contribution in [2.24, 2.45) is 0 Å². The van der Waals surface area contributed by atoms with Gasteiger partial charge in [0.15, 0.2) is 0 Å². The molecule has 1 saturated heterocycles. The van der Waals surface area contributed by atoms with Gasteiger partial charge in [0.2, 0.25) is 0 Å². The molecule has 20 heavy (non-hydrogen) atoms. The second-order valence-electron chi connectivity index (χ2n) is 5.21. The van der Waals surface area contributed by atoms with E-state index in [2.05, 4.69) is 16.8 Å². The first kappa shape index (κ1) is 13.1. The summed E-state index contributed by atoms with van der Waals surface area (Å²) in [4.78, 5) is 6.71. The zero-order valence-electron chi connectivity index (χ0n) is 11.5. The number of benzene rings is 1. The zero-order chi connectivity index (χ0) is 14.1. The van der Waals surface area contributed by atoms with Crippen LogP contribution in [0.1, 0.15) is 6.92 Å². The average molecular weight is 273 g/mol. The maximum Gasteiger partial charge on any atom is 0.0981 e. The molecule has 106 valence electrons. The molecule has 2 unspecified atom stereocenters. The van der Waals surface area contributed by atoms with Crippen LogP contribution in [0.5, 0.6) is 0 Å². The standard InChI is InChI=1S/C15H19N3O2/c1-10-9-20-11(8-19)7-18(10)14-5-4-13(16)12-3-2-6-17-15(12)14/h2-6,10-11,19H,7-9,16H2,1H3. The van der Waals surface area contributed by atoms with Crippen molar-refractivity contribution in [3.63, 3.8) is 0 Å². The molecule has 1 fully saturated rings. The van der Waals surface area contributed by atoms with E-state index in [9.17, 15) is 5.11 Å². The van der Waals surface area contributed by atoms with Crippen molar-refractivity contribution < 1.29 is 9.84 Å². The molecule has 0 bridgehead atoms. The van der Waals surface area contributed by atoms with Crippen molar-refractivity contribution in [1.82, 2.24) is 4.98 Å². The number of anilines is 2. The van der Waals surface area contributed by atoms with Gasteiger partial charge < -0.3 is 20.5 Å². The summed E-state index contributed by atoms with van der Waals surface area (Å²) in [5.41, 5.74) is 8.70. The highest BCUT2D eigenvalue weighted by Gasteiger charge is 2.27. The number of aliphatic hydroxyl groups is 1. The molecular weight excluding hydrogens is 254 g/mol. The molecule has 2 atom stereocenters. The Balaban J connectivity index is 2.07. The lowest BCUT2D eigenvalue weighted by Gasteiger charge is -2.39. The molecule has 0 amide bonds. The van der Waals surface area contributed by atoms with E-state index in [1.807, 2.05) is 24.3 Å². The topological polar surface area (TPSA) is 71.6 Å². The third-order valence-electron chi connectivity index (χ3n) is 3.80. The van der Waals surface area contributed by atoms with Gasteiger partial charge in [-0.3, -0.25) is 4.98 Å². The molecular formula is C15H19N3O2. The maximum absolute atomic E-state index is 9.31. The highest BCUT2D eigenvalue weighted by Crippen LogP contribution is 2.31. The van der Waals surface area contributed by atoms with Crippen molar-refractivity contribution in [2.75, 3.05) is 30.4 Å². The fourth-order valence-corrected chi connectivity index (χ4v) is 2.68. The molecule has 3 rings (SSSR count). The number of nitrogens with two attached hydrogens (primary N) is 1. The lowest BCUT2D eigenvalue weighted by atomic mass is 10.1. The van der Waals surface area contributed by atoms with Crippen LogP contribution in [0.4, 0.5) is 11.4 Å². The van der Waals surface area contributed by atoms with Gasteiger partial charge in [0.25, 0.3) is 0 Å². The number of pyridine rings is 1. The van der Waals surface area contributed by atoms with Gasteiger partial charge in [0.05, 0.1) is 30.5 Å². The Kier molecular flexibility index (Phi) is 3.46. The fourth-order valence-electron chi connectivity index (χ4n) is 2.68. The molecule has 0 saturated carbocycles. The summed E-state index contributed by atoms with van der Waals surface area (Å²) in [6, 6.07) is 8.03. The quantitative estimate of drug-likeness (QED) is 0.809. The summed E-state index contributed by atoms with van der Waals surface area (Å²) < 4.78 is 5.59.